The summed E-state index contributed by atoms with van der Waals surface area (Å²) < 4.78 is 5.82. The lowest BCUT2D eigenvalue weighted by Gasteiger charge is -2.31. The number of nitrogens with one attached hydrogen (secondary N) is 2. The molecule has 1 aromatic carbocycles. The normalized spacial score (nSPS) is 15.1. The molecule has 1 aliphatic heterocycles. The summed E-state index contributed by atoms with van der Waals surface area (Å²) in [5, 5.41) is 3.66. The minimum absolute atomic E-state index is 0.0466. The molecule has 8 heteroatoms. The molecule has 3 rings (SSSR count). The molecule has 2 aromatic rings. The summed E-state index contributed by atoms with van der Waals surface area (Å²) in [4.78, 5) is 40.7. The number of benzene rings is 1. The second-order valence-corrected chi connectivity index (χ2v) is 7.09. The molecule has 0 atom stereocenters. The molecule has 1 aromatic heterocycles. The molecule has 2 N–H and O–H groups in total. The summed E-state index contributed by atoms with van der Waals surface area (Å²) >= 11 is 3.39. The minimum Gasteiger partial charge on any atom is -0.450 e. The molecule has 0 aliphatic carbocycles. The van der Waals surface area contributed by atoms with Gasteiger partial charge >= 0.3 is 6.09 Å². The van der Waals surface area contributed by atoms with E-state index in [0.29, 0.717) is 49.0 Å². The van der Waals surface area contributed by atoms with Crippen molar-refractivity contribution in [2.75, 3.05) is 19.7 Å². The zero-order valence-electron chi connectivity index (χ0n) is 14.4. The van der Waals surface area contributed by atoms with Gasteiger partial charge in [0.15, 0.2) is 0 Å². The monoisotopic (exact) mass is 421 g/mol. The number of ether oxygens (including phenoxy) is 1. The first kappa shape index (κ1) is 18.4. The van der Waals surface area contributed by atoms with E-state index < -0.39 is 0 Å². The number of aromatic amines is 1. The van der Waals surface area contributed by atoms with Gasteiger partial charge in [-0.2, -0.15) is 0 Å². The Hall–Kier alpha value is -2.35. The number of amides is 2. The van der Waals surface area contributed by atoms with Crippen molar-refractivity contribution < 1.29 is 14.3 Å². The van der Waals surface area contributed by atoms with E-state index in [-0.39, 0.29) is 23.6 Å². The molecule has 1 saturated heterocycles. The molecule has 2 heterocycles. The molecule has 0 radical (unpaired) electrons. The van der Waals surface area contributed by atoms with Gasteiger partial charge in [0.05, 0.1) is 12.2 Å². The highest BCUT2D eigenvalue weighted by molar-refractivity contribution is 9.10. The van der Waals surface area contributed by atoms with E-state index in [4.69, 9.17) is 4.74 Å². The Morgan fingerprint density at radius 2 is 2.04 bits per heavy atom. The highest BCUT2D eigenvalue weighted by Crippen LogP contribution is 2.21. The van der Waals surface area contributed by atoms with Crippen molar-refractivity contribution in [3.05, 3.63) is 44.7 Å². The number of halogens is 1. The number of H-pyrrole nitrogens is 1. The first-order valence-electron chi connectivity index (χ1n) is 8.53. The molecule has 1 aliphatic rings. The molecule has 0 saturated carbocycles. The van der Waals surface area contributed by atoms with E-state index in [9.17, 15) is 14.4 Å². The summed E-state index contributed by atoms with van der Waals surface area (Å²) in [7, 11) is 0. The van der Waals surface area contributed by atoms with Crippen molar-refractivity contribution in [3.8, 4) is 0 Å². The van der Waals surface area contributed by atoms with E-state index >= 15 is 0 Å². The molecule has 0 bridgehead atoms. The van der Waals surface area contributed by atoms with Crippen LogP contribution in [-0.2, 0) is 4.74 Å². The Morgan fingerprint density at radius 1 is 1.31 bits per heavy atom. The lowest BCUT2D eigenvalue weighted by molar-refractivity contribution is 0.0861. The second-order valence-electron chi connectivity index (χ2n) is 6.17. The van der Waals surface area contributed by atoms with Crippen LogP contribution in [0.4, 0.5) is 4.79 Å². The highest BCUT2D eigenvalue weighted by atomic mass is 79.9. The van der Waals surface area contributed by atoms with Crippen molar-refractivity contribution in [2.45, 2.75) is 25.8 Å². The van der Waals surface area contributed by atoms with Crippen LogP contribution in [0.2, 0.25) is 0 Å². The summed E-state index contributed by atoms with van der Waals surface area (Å²) in [6.07, 6.45) is 0.979. The standard InChI is InChI=1S/C18H20BrN3O4/c1-2-26-18(25)22-7-5-12(6-8-22)20-17(24)14-10-16(23)21-15-4-3-11(19)9-13(14)15/h3-4,9-10,12H,2,5-8H2,1H3,(H,20,24)(H,21,23). The number of pyridine rings is 1. The van der Waals surface area contributed by atoms with Gasteiger partial charge < -0.3 is 19.9 Å². The molecule has 0 spiro atoms. The van der Waals surface area contributed by atoms with Crippen LogP contribution in [0.3, 0.4) is 0 Å². The first-order valence-corrected chi connectivity index (χ1v) is 9.32. The van der Waals surface area contributed by atoms with Crippen molar-refractivity contribution in [1.82, 2.24) is 15.2 Å². The fourth-order valence-corrected chi connectivity index (χ4v) is 3.46. The Bertz CT molecular complexity index is 888. The maximum atomic E-state index is 12.7. The van der Waals surface area contributed by atoms with Gasteiger partial charge in [-0.25, -0.2) is 4.79 Å². The molecular weight excluding hydrogens is 402 g/mol. The second kappa shape index (κ2) is 7.90. The van der Waals surface area contributed by atoms with Crippen LogP contribution in [0.15, 0.2) is 33.5 Å². The maximum Gasteiger partial charge on any atom is 0.409 e. The van der Waals surface area contributed by atoms with E-state index in [1.165, 1.54) is 6.07 Å². The van der Waals surface area contributed by atoms with Gasteiger partial charge in [0.1, 0.15) is 0 Å². The minimum atomic E-state index is -0.317. The van der Waals surface area contributed by atoms with Gasteiger partial charge in [0.25, 0.3) is 5.91 Å². The predicted octanol–water partition coefficient (Wildman–Crippen LogP) is 2.64. The van der Waals surface area contributed by atoms with Crippen LogP contribution < -0.4 is 10.9 Å². The third-order valence-corrected chi connectivity index (χ3v) is 4.90. The highest BCUT2D eigenvalue weighted by Gasteiger charge is 2.25. The third-order valence-electron chi connectivity index (χ3n) is 4.41. The average molecular weight is 422 g/mol. The summed E-state index contributed by atoms with van der Waals surface area (Å²) in [6.45, 7) is 3.19. The number of carbonyl (C=O) groups excluding carboxylic acids is 2. The van der Waals surface area contributed by atoms with Crippen molar-refractivity contribution >= 4 is 38.8 Å². The zero-order valence-corrected chi connectivity index (χ0v) is 16.0. The number of fused-ring (bicyclic) bond motifs is 1. The summed E-state index contributed by atoms with van der Waals surface area (Å²) in [5.74, 6) is -0.284. The lowest BCUT2D eigenvalue weighted by atomic mass is 10.0. The molecule has 2 amide bonds. The number of hydrogen-bond donors (Lipinski definition) is 2. The molecule has 138 valence electrons. The SMILES string of the molecule is CCOC(=O)N1CCC(NC(=O)c2cc(=O)[nH]c3ccc(Br)cc23)CC1. The number of hydrogen-bond acceptors (Lipinski definition) is 4. The van der Waals surface area contributed by atoms with E-state index in [2.05, 4.69) is 26.2 Å². The molecule has 1 fully saturated rings. The van der Waals surface area contributed by atoms with Crippen LogP contribution in [0.5, 0.6) is 0 Å². The smallest absolute Gasteiger partial charge is 0.409 e. The van der Waals surface area contributed by atoms with Crippen LogP contribution in [0.25, 0.3) is 10.9 Å². The number of rotatable bonds is 3. The third kappa shape index (κ3) is 4.07. The van der Waals surface area contributed by atoms with Gasteiger partial charge in [0, 0.05) is 40.6 Å². The van der Waals surface area contributed by atoms with Crippen molar-refractivity contribution in [1.29, 1.82) is 0 Å². The number of carbonyl (C=O) groups is 2. The number of piperidine rings is 1. The first-order chi connectivity index (χ1) is 12.5. The quantitative estimate of drug-likeness (QED) is 0.796. The molecular formula is C18H20BrN3O4. The van der Waals surface area contributed by atoms with E-state index in [1.54, 1.807) is 17.9 Å². The van der Waals surface area contributed by atoms with Crippen LogP contribution in [0, 0.1) is 0 Å². The van der Waals surface area contributed by atoms with Gasteiger partial charge in [-0.15, -0.1) is 0 Å². The number of likely N-dealkylation sites (tertiary alicyclic amines) is 1. The fraction of sp³-hybridized carbons (Fsp3) is 0.389. The van der Waals surface area contributed by atoms with Crippen LogP contribution in [-0.4, -0.2) is 47.6 Å². The molecule has 0 unspecified atom stereocenters. The Kier molecular flexibility index (Phi) is 5.61. The Labute approximate surface area is 158 Å². The van der Waals surface area contributed by atoms with E-state index in [0.717, 1.165) is 4.47 Å². The summed E-state index contributed by atoms with van der Waals surface area (Å²) in [6, 6.07) is 6.65. The lowest BCUT2D eigenvalue weighted by Crippen LogP contribution is -2.46. The van der Waals surface area contributed by atoms with Crippen LogP contribution >= 0.6 is 15.9 Å². The van der Waals surface area contributed by atoms with Crippen molar-refractivity contribution in [3.63, 3.8) is 0 Å². The van der Waals surface area contributed by atoms with Crippen molar-refractivity contribution in [2.24, 2.45) is 0 Å². The Balaban J connectivity index is 1.72. The Morgan fingerprint density at radius 3 is 2.73 bits per heavy atom. The average Bonchev–Trinajstić information content (AvgIpc) is 2.62. The summed E-state index contributed by atoms with van der Waals surface area (Å²) in [5.41, 5.74) is 0.642. The topological polar surface area (TPSA) is 91.5 Å². The van der Waals surface area contributed by atoms with Gasteiger partial charge in [-0.1, -0.05) is 15.9 Å². The molecule has 7 nitrogen and oxygen atoms in total. The fourth-order valence-electron chi connectivity index (χ4n) is 3.10. The molecule has 26 heavy (non-hydrogen) atoms. The largest absolute Gasteiger partial charge is 0.450 e. The van der Waals surface area contributed by atoms with Gasteiger partial charge in [0.2, 0.25) is 5.56 Å². The van der Waals surface area contributed by atoms with Gasteiger partial charge in [-0.3, -0.25) is 9.59 Å². The number of nitrogens with zero attached hydrogens (tertiary/aromatic N) is 1. The zero-order chi connectivity index (χ0) is 18.7. The maximum absolute atomic E-state index is 12.7. The predicted molar refractivity (Wildman–Crippen MR) is 101 cm³/mol. The van der Waals surface area contributed by atoms with Gasteiger partial charge in [-0.05, 0) is 38.0 Å². The number of aromatic nitrogens is 1. The van der Waals surface area contributed by atoms with Crippen LogP contribution in [0.1, 0.15) is 30.1 Å². The van der Waals surface area contributed by atoms with E-state index in [1.807, 2.05) is 12.1 Å².